The number of hydrogen-bond acceptors (Lipinski definition) is 4. The van der Waals surface area contributed by atoms with Crippen molar-refractivity contribution in [1.82, 2.24) is 10.2 Å². The van der Waals surface area contributed by atoms with Crippen molar-refractivity contribution in [3.8, 4) is 0 Å². The molecule has 0 aliphatic carbocycles. The molecule has 8 heteroatoms. The second-order valence-electron chi connectivity index (χ2n) is 6.06. The van der Waals surface area contributed by atoms with Gasteiger partial charge in [0.05, 0.1) is 10.6 Å². The van der Waals surface area contributed by atoms with Gasteiger partial charge in [0.1, 0.15) is 0 Å². The molecule has 0 fully saturated rings. The molecule has 0 heterocycles. The average Bonchev–Trinajstić information content (AvgIpc) is 2.58. The van der Waals surface area contributed by atoms with Crippen molar-refractivity contribution < 1.29 is 13.2 Å². The van der Waals surface area contributed by atoms with Gasteiger partial charge in [-0.3, -0.25) is 9.52 Å². The highest BCUT2D eigenvalue weighted by Gasteiger charge is 2.16. The number of sulfonamides is 1. The van der Waals surface area contributed by atoms with Gasteiger partial charge in [-0.25, -0.2) is 8.42 Å². The lowest BCUT2D eigenvalue weighted by Crippen LogP contribution is -2.27. The zero-order valence-corrected chi connectivity index (χ0v) is 16.3. The fourth-order valence-electron chi connectivity index (χ4n) is 2.27. The first-order valence-electron chi connectivity index (χ1n) is 8.09. The second-order valence-corrected chi connectivity index (χ2v) is 8.18. The van der Waals surface area contributed by atoms with Crippen LogP contribution in [-0.2, 0) is 10.0 Å². The van der Waals surface area contributed by atoms with Gasteiger partial charge in [-0.1, -0.05) is 23.7 Å². The van der Waals surface area contributed by atoms with E-state index in [4.69, 9.17) is 11.6 Å². The van der Waals surface area contributed by atoms with Crippen LogP contribution >= 0.6 is 11.6 Å². The molecule has 0 aromatic heterocycles. The number of amides is 1. The maximum Gasteiger partial charge on any atom is 0.261 e. The van der Waals surface area contributed by atoms with Crippen LogP contribution in [0.15, 0.2) is 53.4 Å². The van der Waals surface area contributed by atoms with Gasteiger partial charge in [0.2, 0.25) is 0 Å². The summed E-state index contributed by atoms with van der Waals surface area (Å²) in [5, 5.41) is 3.22. The molecule has 0 saturated carbocycles. The molecule has 2 rings (SSSR count). The van der Waals surface area contributed by atoms with E-state index in [2.05, 4.69) is 10.0 Å². The van der Waals surface area contributed by atoms with E-state index in [1.165, 1.54) is 18.2 Å². The number of rotatable bonds is 8. The lowest BCUT2D eigenvalue weighted by Gasteiger charge is -2.11. The Morgan fingerprint density at radius 1 is 1.12 bits per heavy atom. The summed E-state index contributed by atoms with van der Waals surface area (Å²) in [7, 11) is 0.105. The summed E-state index contributed by atoms with van der Waals surface area (Å²) in [5.41, 5.74) is 0.653. The van der Waals surface area contributed by atoms with Crippen LogP contribution in [0.2, 0.25) is 5.02 Å². The van der Waals surface area contributed by atoms with Crippen molar-refractivity contribution in [2.24, 2.45) is 0 Å². The Balaban J connectivity index is 2.08. The van der Waals surface area contributed by atoms with Gasteiger partial charge >= 0.3 is 0 Å². The first-order chi connectivity index (χ1) is 12.3. The minimum Gasteiger partial charge on any atom is -0.352 e. The van der Waals surface area contributed by atoms with Crippen molar-refractivity contribution >= 4 is 33.2 Å². The molecule has 0 aliphatic heterocycles. The predicted octanol–water partition coefficient (Wildman–Crippen LogP) is 2.82. The summed E-state index contributed by atoms with van der Waals surface area (Å²) < 4.78 is 27.5. The number of hydrogen-bond donors (Lipinski definition) is 2. The van der Waals surface area contributed by atoms with Gasteiger partial charge in [-0.05, 0) is 63.5 Å². The maximum absolute atomic E-state index is 12.5. The Bertz CT molecular complexity index is 869. The van der Waals surface area contributed by atoms with Crippen molar-refractivity contribution in [3.05, 3.63) is 59.1 Å². The van der Waals surface area contributed by atoms with Gasteiger partial charge < -0.3 is 10.2 Å². The maximum atomic E-state index is 12.5. The molecule has 0 atom stereocenters. The molecule has 0 spiro atoms. The van der Waals surface area contributed by atoms with Crippen molar-refractivity contribution in [1.29, 1.82) is 0 Å². The largest absolute Gasteiger partial charge is 0.352 e. The predicted molar refractivity (Wildman–Crippen MR) is 104 cm³/mol. The third kappa shape index (κ3) is 6.01. The number of anilines is 1. The fourth-order valence-corrected chi connectivity index (χ4v) is 3.56. The molecular formula is C18H22ClN3O3S. The van der Waals surface area contributed by atoms with Crippen molar-refractivity contribution in [3.63, 3.8) is 0 Å². The van der Waals surface area contributed by atoms with Crippen LogP contribution < -0.4 is 10.0 Å². The van der Waals surface area contributed by atoms with E-state index < -0.39 is 10.0 Å². The molecule has 0 unspecified atom stereocenters. The number of nitrogens with one attached hydrogen (secondary N) is 2. The Kier molecular flexibility index (Phi) is 7.02. The third-order valence-electron chi connectivity index (χ3n) is 3.55. The molecule has 0 bridgehead atoms. The van der Waals surface area contributed by atoms with E-state index in [-0.39, 0.29) is 10.8 Å². The summed E-state index contributed by atoms with van der Waals surface area (Å²) in [4.78, 5) is 14.3. The van der Waals surface area contributed by atoms with E-state index in [9.17, 15) is 13.2 Å². The summed E-state index contributed by atoms with van der Waals surface area (Å²) in [6.45, 7) is 1.38. The van der Waals surface area contributed by atoms with Gasteiger partial charge in [-0.2, -0.15) is 0 Å². The summed E-state index contributed by atoms with van der Waals surface area (Å²) in [5.74, 6) is -0.302. The quantitative estimate of drug-likeness (QED) is 0.673. The number of carbonyl (C=O) groups is 1. The smallest absolute Gasteiger partial charge is 0.261 e. The van der Waals surface area contributed by atoms with Crippen molar-refractivity contribution in [2.45, 2.75) is 11.3 Å². The molecule has 6 nitrogen and oxygen atoms in total. The SMILES string of the molecule is CN(C)CCCNC(=O)c1cccc(S(=O)(=O)Nc2cccc(Cl)c2)c1. The molecule has 140 valence electrons. The summed E-state index contributed by atoms with van der Waals surface area (Å²) in [6, 6.07) is 12.3. The second kappa shape index (κ2) is 9.02. The van der Waals surface area contributed by atoms with E-state index in [1.54, 1.807) is 30.3 Å². The van der Waals surface area contributed by atoms with Gasteiger partial charge in [-0.15, -0.1) is 0 Å². The first-order valence-corrected chi connectivity index (χ1v) is 9.95. The van der Waals surface area contributed by atoms with E-state index in [0.29, 0.717) is 22.8 Å². The number of halogens is 1. The van der Waals surface area contributed by atoms with Crippen LogP contribution in [0.5, 0.6) is 0 Å². The molecule has 26 heavy (non-hydrogen) atoms. The number of benzene rings is 2. The Labute approximate surface area is 159 Å². The van der Waals surface area contributed by atoms with E-state index >= 15 is 0 Å². The van der Waals surface area contributed by atoms with Crippen LogP contribution in [0, 0.1) is 0 Å². The molecule has 0 radical (unpaired) electrons. The fraction of sp³-hybridized carbons (Fsp3) is 0.278. The van der Waals surface area contributed by atoms with Gasteiger partial charge in [0.15, 0.2) is 0 Å². The van der Waals surface area contributed by atoms with Gasteiger partial charge in [0.25, 0.3) is 15.9 Å². The van der Waals surface area contributed by atoms with Crippen LogP contribution in [0.3, 0.4) is 0 Å². The molecule has 2 N–H and O–H groups in total. The minimum absolute atomic E-state index is 0.0124. The summed E-state index contributed by atoms with van der Waals surface area (Å²) >= 11 is 5.88. The lowest BCUT2D eigenvalue weighted by molar-refractivity contribution is 0.0952. The van der Waals surface area contributed by atoms with Crippen LogP contribution in [0.4, 0.5) is 5.69 Å². The zero-order valence-electron chi connectivity index (χ0n) is 14.7. The molecular weight excluding hydrogens is 374 g/mol. The van der Waals surface area contributed by atoms with Crippen LogP contribution in [0.1, 0.15) is 16.8 Å². The molecule has 2 aromatic rings. The van der Waals surface area contributed by atoms with E-state index in [0.717, 1.165) is 13.0 Å². The molecule has 0 aliphatic rings. The average molecular weight is 396 g/mol. The van der Waals surface area contributed by atoms with Crippen LogP contribution in [-0.4, -0.2) is 46.4 Å². The monoisotopic (exact) mass is 395 g/mol. The normalized spacial score (nSPS) is 11.4. The Morgan fingerprint density at radius 3 is 2.54 bits per heavy atom. The standard InChI is InChI=1S/C18H22ClN3O3S/c1-22(2)11-5-10-20-18(23)14-6-3-9-17(12-14)26(24,25)21-16-8-4-7-15(19)13-16/h3-4,6-9,12-13,21H,5,10-11H2,1-2H3,(H,20,23). The lowest BCUT2D eigenvalue weighted by atomic mass is 10.2. The highest BCUT2D eigenvalue weighted by atomic mass is 35.5. The van der Waals surface area contributed by atoms with Crippen molar-refractivity contribution in [2.75, 3.05) is 31.9 Å². The topological polar surface area (TPSA) is 78.5 Å². The zero-order chi connectivity index (χ0) is 19.2. The van der Waals surface area contributed by atoms with E-state index in [1.807, 2.05) is 19.0 Å². The number of carbonyl (C=O) groups excluding carboxylic acids is 1. The first kappa shape index (κ1) is 20.2. The Morgan fingerprint density at radius 2 is 1.85 bits per heavy atom. The minimum atomic E-state index is -3.82. The molecule has 1 amide bonds. The molecule has 0 saturated heterocycles. The highest BCUT2D eigenvalue weighted by Crippen LogP contribution is 2.20. The molecule has 2 aromatic carbocycles. The summed E-state index contributed by atoms with van der Waals surface area (Å²) in [6.07, 6.45) is 0.813. The number of nitrogens with zero attached hydrogens (tertiary/aromatic N) is 1. The van der Waals surface area contributed by atoms with Gasteiger partial charge in [0, 0.05) is 17.1 Å². The highest BCUT2D eigenvalue weighted by molar-refractivity contribution is 7.92. The van der Waals surface area contributed by atoms with Crippen LogP contribution in [0.25, 0.3) is 0 Å². The third-order valence-corrected chi connectivity index (χ3v) is 5.17. The Hall–Kier alpha value is -2.09.